The minimum absolute atomic E-state index is 0.141. The SMILES string of the molecule is CCOC(=O)[C@@H](O)[C@]12C=C[C@@H](C1=C(C)C)[C@@H]1C(=O)NC(=O)[C@H]12. The van der Waals surface area contributed by atoms with Crippen LogP contribution in [-0.2, 0) is 19.1 Å². The highest BCUT2D eigenvalue weighted by atomic mass is 16.5. The van der Waals surface area contributed by atoms with Gasteiger partial charge in [-0.1, -0.05) is 17.7 Å². The second kappa shape index (κ2) is 4.78. The van der Waals surface area contributed by atoms with Crippen LogP contribution in [0.1, 0.15) is 20.8 Å². The third-order valence-corrected chi connectivity index (χ3v) is 4.97. The maximum absolute atomic E-state index is 12.3. The molecule has 2 amide bonds. The van der Waals surface area contributed by atoms with Crippen LogP contribution in [0.4, 0.5) is 0 Å². The summed E-state index contributed by atoms with van der Waals surface area (Å²) in [4.78, 5) is 36.5. The Hall–Kier alpha value is -1.95. The number of ether oxygens (including phenoxy) is 1. The summed E-state index contributed by atoms with van der Waals surface area (Å²) in [5, 5.41) is 13.0. The first kappa shape index (κ1) is 15.0. The van der Waals surface area contributed by atoms with Gasteiger partial charge in [0.1, 0.15) is 0 Å². The van der Waals surface area contributed by atoms with Crippen LogP contribution in [-0.4, -0.2) is 35.6 Å². The van der Waals surface area contributed by atoms with E-state index in [2.05, 4.69) is 5.32 Å². The van der Waals surface area contributed by atoms with Crippen molar-refractivity contribution in [2.24, 2.45) is 23.2 Å². The molecule has 0 aromatic rings. The second-order valence-corrected chi connectivity index (χ2v) is 6.24. The number of esters is 1. The molecule has 2 N–H and O–H groups in total. The predicted molar refractivity (Wildman–Crippen MR) is 76.2 cm³/mol. The first-order valence-electron chi connectivity index (χ1n) is 7.42. The van der Waals surface area contributed by atoms with Gasteiger partial charge in [-0.3, -0.25) is 14.9 Å². The van der Waals surface area contributed by atoms with Crippen molar-refractivity contribution in [3.63, 3.8) is 0 Å². The van der Waals surface area contributed by atoms with E-state index in [1.165, 1.54) is 0 Å². The molecule has 0 aromatic carbocycles. The lowest BCUT2D eigenvalue weighted by Gasteiger charge is -2.34. The Kier molecular flexibility index (Phi) is 3.25. The molecule has 0 spiro atoms. The number of rotatable bonds is 3. The van der Waals surface area contributed by atoms with Gasteiger partial charge in [0.15, 0.2) is 6.10 Å². The second-order valence-electron chi connectivity index (χ2n) is 6.24. The third kappa shape index (κ3) is 1.61. The minimum atomic E-state index is -1.50. The van der Waals surface area contributed by atoms with Crippen LogP contribution in [0.5, 0.6) is 0 Å². The van der Waals surface area contributed by atoms with Gasteiger partial charge in [-0.2, -0.15) is 0 Å². The topological polar surface area (TPSA) is 92.7 Å². The largest absolute Gasteiger partial charge is 0.464 e. The number of imide groups is 1. The van der Waals surface area contributed by atoms with Crippen LogP contribution in [0.15, 0.2) is 23.3 Å². The van der Waals surface area contributed by atoms with E-state index in [1.54, 1.807) is 13.0 Å². The molecule has 0 aromatic heterocycles. The van der Waals surface area contributed by atoms with Gasteiger partial charge in [0.25, 0.3) is 0 Å². The quantitative estimate of drug-likeness (QED) is 0.445. The molecule has 5 atom stereocenters. The smallest absolute Gasteiger partial charge is 0.336 e. The number of aliphatic hydroxyl groups is 1. The van der Waals surface area contributed by atoms with Crippen LogP contribution >= 0.6 is 0 Å². The molecule has 1 saturated heterocycles. The number of carbonyl (C=O) groups excluding carboxylic acids is 3. The van der Waals surface area contributed by atoms with Crippen molar-refractivity contribution in [1.82, 2.24) is 5.32 Å². The standard InChI is InChI=1S/C16H19NO5/c1-4-22-15(21)12(18)16-6-5-8(10(16)7(2)3)9-11(16)14(20)17-13(9)19/h5-6,8-9,11-12,18H,4H2,1-3H3,(H,17,19,20)/t8-,9+,11+,12-,16-/m1/s1. The number of amides is 2. The highest BCUT2D eigenvalue weighted by Gasteiger charge is 2.70. The van der Waals surface area contributed by atoms with Crippen LogP contribution in [0.25, 0.3) is 0 Å². The van der Waals surface area contributed by atoms with Gasteiger partial charge in [-0.25, -0.2) is 4.79 Å². The molecule has 1 aliphatic heterocycles. The molecule has 3 aliphatic rings. The van der Waals surface area contributed by atoms with Crippen molar-refractivity contribution in [2.45, 2.75) is 26.9 Å². The number of aliphatic hydroxyl groups excluding tert-OH is 1. The van der Waals surface area contributed by atoms with Gasteiger partial charge >= 0.3 is 5.97 Å². The van der Waals surface area contributed by atoms with Crippen molar-refractivity contribution in [3.8, 4) is 0 Å². The number of fused-ring (bicyclic) bond motifs is 5. The Morgan fingerprint density at radius 1 is 1.41 bits per heavy atom. The number of hydrogen-bond donors (Lipinski definition) is 2. The highest BCUT2D eigenvalue weighted by Crippen LogP contribution is 2.64. The minimum Gasteiger partial charge on any atom is -0.464 e. The van der Waals surface area contributed by atoms with Crippen LogP contribution in [0.2, 0.25) is 0 Å². The highest BCUT2D eigenvalue weighted by molar-refractivity contribution is 6.08. The molecule has 118 valence electrons. The summed E-state index contributed by atoms with van der Waals surface area (Å²) >= 11 is 0. The number of carbonyl (C=O) groups is 3. The predicted octanol–water partition coefficient (Wildman–Crippen LogP) is 0.322. The van der Waals surface area contributed by atoms with E-state index in [9.17, 15) is 19.5 Å². The van der Waals surface area contributed by atoms with Gasteiger partial charge in [0.05, 0.1) is 23.9 Å². The number of hydrogen-bond acceptors (Lipinski definition) is 5. The van der Waals surface area contributed by atoms with Crippen molar-refractivity contribution in [1.29, 1.82) is 0 Å². The average Bonchev–Trinajstić information content (AvgIpc) is 3.07. The molecule has 2 fully saturated rings. The zero-order chi connectivity index (χ0) is 16.2. The summed E-state index contributed by atoms with van der Waals surface area (Å²) in [5.41, 5.74) is 0.538. The summed E-state index contributed by atoms with van der Waals surface area (Å²) in [7, 11) is 0. The molecule has 1 heterocycles. The zero-order valence-corrected chi connectivity index (χ0v) is 12.8. The van der Waals surface area contributed by atoms with E-state index in [4.69, 9.17) is 4.74 Å². The lowest BCUT2D eigenvalue weighted by molar-refractivity contribution is -0.159. The lowest BCUT2D eigenvalue weighted by Crippen LogP contribution is -2.47. The first-order chi connectivity index (χ1) is 10.4. The van der Waals surface area contributed by atoms with Crippen molar-refractivity contribution < 1.29 is 24.2 Å². The van der Waals surface area contributed by atoms with Gasteiger partial charge in [-0.05, 0) is 26.3 Å². The number of allylic oxidation sites excluding steroid dienone is 2. The molecule has 6 nitrogen and oxygen atoms in total. The molecule has 0 unspecified atom stereocenters. The monoisotopic (exact) mass is 305 g/mol. The fourth-order valence-electron chi connectivity index (χ4n) is 4.38. The molecule has 2 aliphatic carbocycles. The van der Waals surface area contributed by atoms with Crippen LogP contribution < -0.4 is 5.32 Å². The Morgan fingerprint density at radius 3 is 2.68 bits per heavy atom. The van der Waals surface area contributed by atoms with Gasteiger partial charge in [0.2, 0.25) is 11.8 Å². The summed E-state index contributed by atoms with van der Waals surface area (Å²) in [6.45, 7) is 5.53. The summed E-state index contributed by atoms with van der Waals surface area (Å²) in [5.74, 6) is -3.07. The van der Waals surface area contributed by atoms with Crippen molar-refractivity contribution in [2.75, 3.05) is 6.61 Å². The molecule has 22 heavy (non-hydrogen) atoms. The molecule has 6 heteroatoms. The molecule has 2 bridgehead atoms. The van der Waals surface area contributed by atoms with Crippen LogP contribution in [0.3, 0.4) is 0 Å². The van der Waals surface area contributed by atoms with Crippen molar-refractivity contribution >= 4 is 17.8 Å². The van der Waals surface area contributed by atoms with Crippen LogP contribution in [0, 0.1) is 23.2 Å². The maximum atomic E-state index is 12.3. The first-order valence-corrected chi connectivity index (χ1v) is 7.42. The Labute approximate surface area is 128 Å². The fourth-order valence-corrected chi connectivity index (χ4v) is 4.38. The normalized spacial score (nSPS) is 36.4. The van der Waals surface area contributed by atoms with Gasteiger partial charge in [-0.15, -0.1) is 0 Å². The van der Waals surface area contributed by atoms with E-state index in [0.29, 0.717) is 0 Å². The average molecular weight is 305 g/mol. The maximum Gasteiger partial charge on any atom is 0.336 e. The molecular weight excluding hydrogens is 286 g/mol. The Morgan fingerprint density at radius 2 is 2.09 bits per heavy atom. The fraction of sp³-hybridized carbons (Fsp3) is 0.562. The molecular formula is C16H19NO5. The summed E-state index contributed by atoms with van der Waals surface area (Å²) in [6.07, 6.45) is 2.04. The van der Waals surface area contributed by atoms with E-state index >= 15 is 0 Å². The lowest BCUT2D eigenvalue weighted by atomic mass is 9.69. The summed E-state index contributed by atoms with van der Waals surface area (Å²) in [6, 6.07) is 0. The zero-order valence-electron chi connectivity index (χ0n) is 12.8. The van der Waals surface area contributed by atoms with Gasteiger partial charge < -0.3 is 9.84 Å². The van der Waals surface area contributed by atoms with E-state index in [1.807, 2.05) is 19.9 Å². The van der Waals surface area contributed by atoms with E-state index in [0.717, 1.165) is 11.1 Å². The summed E-state index contributed by atoms with van der Waals surface area (Å²) < 4.78 is 4.94. The third-order valence-electron chi connectivity index (χ3n) is 4.97. The van der Waals surface area contributed by atoms with E-state index in [-0.39, 0.29) is 18.4 Å². The number of nitrogens with one attached hydrogen (secondary N) is 1. The Bertz CT molecular complexity index is 630. The van der Waals surface area contributed by atoms with Gasteiger partial charge in [0, 0.05) is 5.92 Å². The molecule has 1 saturated carbocycles. The molecule has 0 radical (unpaired) electrons. The molecule has 3 rings (SSSR count). The van der Waals surface area contributed by atoms with E-state index < -0.39 is 35.2 Å². The Balaban J connectivity index is 2.15. The van der Waals surface area contributed by atoms with Crippen molar-refractivity contribution in [3.05, 3.63) is 23.3 Å².